The fraction of sp³-hybridized carbons (Fsp3) is 0.176. The summed E-state index contributed by atoms with van der Waals surface area (Å²) in [7, 11) is 1.27. The van der Waals surface area contributed by atoms with Crippen molar-refractivity contribution in [3.63, 3.8) is 0 Å². The van der Waals surface area contributed by atoms with Crippen LogP contribution in [0.3, 0.4) is 0 Å². The maximum absolute atomic E-state index is 13.8. The minimum absolute atomic E-state index is 0.0942. The molecule has 0 bridgehead atoms. The quantitative estimate of drug-likeness (QED) is 0.860. The van der Waals surface area contributed by atoms with E-state index < -0.39 is 17.7 Å². The smallest absolute Gasteiger partial charge is 0.337 e. The van der Waals surface area contributed by atoms with Gasteiger partial charge in [-0.25, -0.2) is 9.18 Å². The Morgan fingerprint density at radius 3 is 2.57 bits per heavy atom. The number of nitrogens with one attached hydrogen (secondary N) is 1. The monoisotopic (exact) mass is 317 g/mol. The van der Waals surface area contributed by atoms with Crippen molar-refractivity contribution in [2.75, 3.05) is 19.0 Å². The van der Waals surface area contributed by atoms with Crippen LogP contribution >= 0.6 is 0 Å². The second kappa shape index (κ2) is 7.40. The molecule has 0 aliphatic carbocycles. The number of hydrogen-bond donors (Lipinski definition) is 1. The lowest BCUT2D eigenvalue weighted by Gasteiger charge is -2.09. The molecule has 120 valence electrons. The number of anilines is 1. The predicted molar refractivity (Wildman–Crippen MR) is 83.3 cm³/mol. The Morgan fingerprint density at radius 2 is 1.91 bits per heavy atom. The highest BCUT2D eigenvalue weighted by atomic mass is 19.1. The van der Waals surface area contributed by atoms with Crippen LogP contribution in [0.2, 0.25) is 0 Å². The van der Waals surface area contributed by atoms with E-state index in [1.807, 2.05) is 0 Å². The molecule has 0 saturated heterocycles. The predicted octanol–water partition coefficient (Wildman–Crippen LogP) is 3.26. The molecule has 0 heterocycles. The minimum atomic E-state index is -0.609. The number of methoxy groups -OCH3 is 1. The first-order valence-corrected chi connectivity index (χ1v) is 6.97. The first-order chi connectivity index (χ1) is 11.0. The fourth-order valence-corrected chi connectivity index (χ4v) is 1.96. The SMILES string of the molecule is CCOc1ccc(C(=O)Nc2cccc(C(=O)OC)c2)cc1F. The van der Waals surface area contributed by atoms with Gasteiger partial charge in [0.2, 0.25) is 0 Å². The standard InChI is InChI=1S/C17H16FNO4/c1-3-23-15-8-7-11(10-14(15)18)16(20)19-13-6-4-5-12(9-13)17(21)22-2/h4-10H,3H2,1-2H3,(H,19,20). The number of esters is 1. The van der Waals surface area contributed by atoms with Gasteiger partial charge in [-0.05, 0) is 43.3 Å². The number of carbonyl (C=O) groups is 2. The number of halogens is 1. The number of rotatable bonds is 5. The maximum atomic E-state index is 13.8. The van der Waals surface area contributed by atoms with Gasteiger partial charge in [-0.15, -0.1) is 0 Å². The van der Waals surface area contributed by atoms with Crippen molar-refractivity contribution in [3.8, 4) is 5.75 Å². The summed E-state index contributed by atoms with van der Waals surface area (Å²) in [6.45, 7) is 2.08. The molecule has 23 heavy (non-hydrogen) atoms. The van der Waals surface area contributed by atoms with Gasteiger partial charge in [0.1, 0.15) is 0 Å². The molecule has 5 nitrogen and oxygen atoms in total. The second-order valence-corrected chi connectivity index (χ2v) is 4.60. The Labute approximate surface area is 133 Å². The molecule has 0 spiro atoms. The van der Waals surface area contributed by atoms with Gasteiger partial charge < -0.3 is 14.8 Å². The molecule has 2 aromatic carbocycles. The zero-order valence-corrected chi connectivity index (χ0v) is 12.8. The Hall–Kier alpha value is -2.89. The van der Waals surface area contributed by atoms with Crippen molar-refractivity contribution in [3.05, 3.63) is 59.4 Å². The molecular weight excluding hydrogens is 301 g/mol. The molecule has 0 unspecified atom stereocenters. The Morgan fingerprint density at radius 1 is 1.13 bits per heavy atom. The van der Waals surface area contributed by atoms with Crippen molar-refractivity contribution in [2.24, 2.45) is 0 Å². The Kier molecular flexibility index (Phi) is 5.30. The molecule has 2 rings (SSSR count). The Balaban J connectivity index is 2.16. The van der Waals surface area contributed by atoms with Gasteiger partial charge in [-0.3, -0.25) is 4.79 Å². The van der Waals surface area contributed by atoms with E-state index in [-0.39, 0.29) is 11.3 Å². The molecule has 0 aliphatic heterocycles. The van der Waals surface area contributed by atoms with Gasteiger partial charge in [0, 0.05) is 11.3 Å². The third-order valence-corrected chi connectivity index (χ3v) is 3.04. The van der Waals surface area contributed by atoms with Crippen LogP contribution < -0.4 is 10.1 Å². The highest BCUT2D eigenvalue weighted by Gasteiger charge is 2.12. The van der Waals surface area contributed by atoms with E-state index in [4.69, 9.17) is 4.74 Å². The zero-order chi connectivity index (χ0) is 16.8. The highest BCUT2D eigenvalue weighted by molar-refractivity contribution is 6.05. The van der Waals surface area contributed by atoms with Crippen LogP contribution in [0.5, 0.6) is 5.75 Å². The number of amides is 1. The van der Waals surface area contributed by atoms with Crippen LogP contribution in [0.15, 0.2) is 42.5 Å². The third kappa shape index (κ3) is 4.06. The minimum Gasteiger partial charge on any atom is -0.491 e. The average molecular weight is 317 g/mol. The summed E-state index contributed by atoms with van der Waals surface area (Å²) in [4.78, 5) is 23.6. The summed E-state index contributed by atoms with van der Waals surface area (Å²) in [5.41, 5.74) is 0.866. The van der Waals surface area contributed by atoms with Gasteiger partial charge >= 0.3 is 5.97 Å². The number of benzene rings is 2. The number of ether oxygens (including phenoxy) is 2. The van der Waals surface area contributed by atoms with E-state index in [2.05, 4.69) is 10.1 Å². The molecule has 0 aliphatic rings. The average Bonchev–Trinajstić information content (AvgIpc) is 2.56. The molecule has 0 fully saturated rings. The van der Waals surface area contributed by atoms with E-state index in [9.17, 15) is 14.0 Å². The van der Waals surface area contributed by atoms with Gasteiger partial charge in [-0.2, -0.15) is 0 Å². The van der Waals surface area contributed by atoms with Gasteiger partial charge in [0.15, 0.2) is 11.6 Å². The van der Waals surface area contributed by atoms with E-state index in [0.29, 0.717) is 17.9 Å². The van der Waals surface area contributed by atoms with Crippen LogP contribution in [0.4, 0.5) is 10.1 Å². The van der Waals surface area contributed by atoms with Gasteiger partial charge in [-0.1, -0.05) is 6.07 Å². The van der Waals surface area contributed by atoms with Crippen LogP contribution in [0.1, 0.15) is 27.6 Å². The lowest BCUT2D eigenvalue weighted by atomic mass is 10.1. The third-order valence-electron chi connectivity index (χ3n) is 3.04. The van der Waals surface area contributed by atoms with Crippen molar-refractivity contribution >= 4 is 17.6 Å². The summed E-state index contributed by atoms with van der Waals surface area (Å²) in [5, 5.41) is 2.60. The summed E-state index contributed by atoms with van der Waals surface area (Å²) in [6.07, 6.45) is 0. The van der Waals surface area contributed by atoms with E-state index in [1.165, 1.54) is 25.3 Å². The van der Waals surface area contributed by atoms with E-state index >= 15 is 0 Å². The maximum Gasteiger partial charge on any atom is 0.337 e. The van der Waals surface area contributed by atoms with Crippen molar-refractivity contribution in [1.82, 2.24) is 0 Å². The summed E-state index contributed by atoms with van der Waals surface area (Å²) in [6, 6.07) is 10.2. The molecule has 0 radical (unpaired) electrons. The normalized spacial score (nSPS) is 10.0. The van der Waals surface area contributed by atoms with Gasteiger partial charge in [0.25, 0.3) is 5.91 Å². The summed E-state index contributed by atoms with van der Waals surface area (Å²) < 4.78 is 23.5. The zero-order valence-electron chi connectivity index (χ0n) is 12.8. The summed E-state index contributed by atoms with van der Waals surface area (Å²) >= 11 is 0. The molecule has 0 saturated carbocycles. The molecule has 1 N–H and O–H groups in total. The molecular formula is C17H16FNO4. The first-order valence-electron chi connectivity index (χ1n) is 6.97. The van der Waals surface area contributed by atoms with E-state index in [1.54, 1.807) is 25.1 Å². The first kappa shape index (κ1) is 16.5. The molecule has 0 aromatic heterocycles. The number of hydrogen-bond acceptors (Lipinski definition) is 4. The molecule has 2 aromatic rings. The van der Waals surface area contributed by atoms with Crippen LogP contribution in [-0.2, 0) is 4.74 Å². The highest BCUT2D eigenvalue weighted by Crippen LogP contribution is 2.19. The molecule has 1 amide bonds. The lowest BCUT2D eigenvalue weighted by molar-refractivity contribution is 0.0600. The Bertz CT molecular complexity index is 730. The molecule has 6 heteroatoms. The van der Waals surface area contributed by atoms with Crippen LogP contribution in [0.25, 0.3) is 0 Å². The molecule has 0 atom stereocenters. The second-order valence-electron chi connectivity index (χ2n) is 4.60. The largest absolute Gasteiger partial charge is 0.491 e. The van der Waals surface area contributed by atoms with Gasteiger partial charge in [0.05, 0.1) is 19.3 Å². The topological polar surface area (TPSA) is 64.6 Å². The fourth-order valence-electron chi connectivity index (χ4n) is 1.96. The van der Waals surface area contributed by atoms with Crippen LogP contribution in [0, 0.1) is 5.82 Å². The van der Waals surface area contributed by atoms with E-state index in [0.717, 1.165) is 6.07 Å². The number of carbonyl (C=O) groups excluding carboxylic acids is 2. The van der Waals surface area contributed by atoms with Crippen molar-refractivity contribution < 1.29 is 23.5 Å². The van der Waals surface area contributed by atoms with Crippen LogP contribution in [-0.4, -0.2) is 25.6 Å². The summed E-state index contributed by atoms with van der Waals surface area (Å²) in [5.74, 6) is -1.51. The van der Waals surface area contributed by atoms with Crippen molar-refractivity contribution in [1.29, 1.82) is 0 Å². The lowest BCUT2D eigenvalue weighted by Crippen LogP contribution is -2.13. The van der Waals surface area contributed by atoms with Crippen molar-refractivity contribution in [2.45, 2.75) is 6.92 Å².